The summed E-state index contributed by atoms with van der Waals surface area (Å²) >= 11 is 0. The molecule has 0 spiro atoms. The van der Waals surface area contributed by atoms with Gasteiger partial charge in [-0.05, 0) is 45.2 Å². The Morgan fingerprint density at radius 2 is 2.00 bits per heavy atom. The van der Waals surface area contributed by atoms with Crippen LogP contribution in [-0.2, 0) is 19.3 Å². The summed E-state index contributed by atoms with van der Waals surface area (Å²) in [5.74, 6) is 1.00. The van der Waals surface area contributed by atoms with Gasteiger partial charge in [0.1, 0.15) is 5.82 Å². The molecular formula is C12H19N3. The summed E-state index contributed by atoms with van der Waals surface area (Å²) in [6, 6.07) is 0. The first-order chi connectivity index (χ1) is 7.31. The lowest BCUT2D eigenvalue weighted by atomic mass is 9.95. The van der Waals surface area contributed by atoms with Gasteiger partial charge >= 0.3 is 0 Å². The molecule has 0 amide bonds. The molecule has 0 aromatic carbocycles. The van der Waals surface area contributed by atoms with E-state index in [-0.39, 0.29) is 0 Å². The van der Waals surface area contributed by atoms with Gasteiger partial charge in [-0.2, -0.15) is 0 Å². The summed E-state index contributed by atoms with van der Waals surface area (Å²) < 4.78 is 0. The average Bonchev–Trinajstić information content (AvgIpc) is 2.26. The van der Waals surface area contributed by atoms with E-state index in [9.17, 15) is 0 Å². The summed E-state index contributed by atoms with van der Waals surface area (Å²) in [6.45, 7) is 3.08. The molecule has 82 valence electrons. The molecule has 0 aliphatic heterocycles. The van der Waals surface area contributed by atoms with Crippen LogP contribution in [0.3, 0.4) is 0 Å². The highest BCUT2D eigenvalue weighted by molar-refractivity contribution is 5.27. The number of aryl methyl sites for hydroxylation is 2. The van der Waals surface area contributed by atoms with Crippen molar-refractivity contribution in [1.82, 2.24) is 15.3 Å². The Kier molecular flexibility index (Phi) is 3.31. The van der Waals surface area contributed by atoms with Crippen LogP contribution in [0.1, 0.15) is 35.6 Å². The van der Waals surface area contributed by atoms with Crippen molar-refractivity contribution >= 4 is 0 Å². The Bertz CT molecular complexity index is 347. The first-order valence-electron chi connectivity index (χ1n) is 5.81. The summed E-state index contributed by atoms with van der Waals surface area (Å²) in [4.78, 5) is 9.23. The largest absolute Gasteiger partial charge is 0.319 e. The zero-order valence-electron chi connectivity index (χ0n) is 9.64. The number of aromatic nitrogens is 2. The number of hydrogen-bond acceptors (Lipinski definition) is 3. The fourth-order valence-electron chi connectivity index (χ4n) is 2.19. The van der Waals surface area contributed by atoms with Crippen molar-refractivity contribution < 1.29 is 0 Å². The van der Waals surface area contributed by atoms with E-state index in [1.807, 2.05) is 7.05 Å². The Labute approximate surface area is 91.3 Å². The van der Waals surface area contributed by atoms with Crippen LogP contribution in [-0.4, -0.2) is 23.6 Å². The van der Waals surface area contributed by atoms with Crippen LogP contribution in [0, 0.1) is 6.92 Å². The molecule has 0 radical (unpaired) electrons. The van der Waals surface area contributed by atoms with Crippen molar-refractivity contribution in [3.8, 4) is 0 Å². The van der Waals surface area contributed by atoms with E-state index in [1.54, 1.807) is 0 Å². The van der Waals surface area contributed by atoms with Gasteiger partial charge in [0, 0.05) is 24.4 Å². The average molecular weight is 205 g/mol. The molecule has 1 aromatic rings. The molecule has 1 aliphatic rings. The van der Waals surface area contributed by atoms with Gasteiger partial charge < -0.3 is 5.32 Å². The predicted molar refractivity (Wildman–Crippen MR) is 61.0 cm³/mol. The molecule has 1 heterocycles. The van der Waals surface area contributed by atoms with Crippen LogP contribution in [0.4, 0.5) is 0 Å². The number of hydrogen-bond donors (Lipinski definition) is 1. The highest BCUT2D eigenvalue weighted by Crippen LogP contribution is 2.21. The van der Waals surface area contributed by atoms with Gasteiger partial charge in [0.15, 0.2) is 0 Å². The van der Waals surface area contributed by atoms with Crippen molar-refractivity contribution in [2.75, 3.05) is 13.6 Å². The van der Waals surface area contributed by atoms with E-state index >= 15 is 0 Å². The third-order valence-electron chi connectivity index (χ3n) is 3.03. The molecule has 3 heteroatoms. The van der Waals surface area contributed by atoms with Crippen LogP contribution < -0.4 is 5.32 Å². The fraction of sp³-hybridized carbons (Fsp3) is 0.667. The lowest BCUT2D eigenvalue weighted by molar-refractivity contribution is 0.641. The maximum absolute atomic E-state index is 4.66. The van der Waals surface area contributed by atoms with Crippen molar-refractivity contribution in [2.45, 2.75) is 39.0 Å². The third kappa shape index (κ3) is 2.34. The summed E-state index contributed by atoms with van der Waals surface area (Å²) in [5, 5.41) is 3.14. The normalized spacial score (nSPS) is 15.1. The monoisotopic (exact) mass is 205 g/mol. The smallest absolute Gasteiger partial charge is 0.130 e. The van der Waals surface area contributed by atoms with E-state index < -0.39 is 0 Å². The van der Waals surface area contributed by atoms with E-state index in [4.69, 9.17) is 0 Å². The van der Waals surface area contributed by atoms with Gasteiger partial charge in [-0.25, -0.2) is 9.97 Å². The minimum Gasteiger partial charge on any atom is -0.319 e. The van der Waals surface area contributed by atoms with E-state index in [0.29, 0.717) is 0 Å². The van der Waals surface area contributed by atoms with Crippen molar-refractivity contribution in [3.63, 3.8) is 0 Å². The molecule has 0 saturated carbocycles. The molecule has 1 aromatic heterocycles. The molecule has 0 saturated heterocycles. The molecule has 3 nitrogen and oxygen atoms in total. The second kappa shape index (κ2) is 4.71. The van der Waals surface area contributed by atoms with E-state index in [2.05, 4.69) is 22.2 Å². The Morgan fingerprint density at radius 3 is 2.80 bits per heavy atom. The minimum atomic E-state index is 0.935. The van der Waals surface area contributed by atoms with Gasteiger partial charge in [-0.1, -0.05) is 0 Å². The molecule has 1 N–H and O–H groups in total. The first kappa shape index (κ1) is 10.6. The molecule has 0 unspecified atom stereocenters. The SMILES string of the molecule is CNCCc1nc(C)c2c(n1)CCCC2. The molecule has 0 fully saturated rings. The van der Waals surface area contributed by atoms with Crippen LogP contribution in [0.5, 0.6) is 0 Å². The van der Waals surface area contributed by atoms with Gasteiger partial charge in [-0.3, -0.25) is 0 Å². The topological polar surface area (TPSA) is 37.8 Å². The summed E-state index contributed by atoms with van der Waals surface area (Å²) in [7, 11) is 1.96. The highest BCUT2D eigenvalue weighted by atomic mass is 14.9. The van der Waals surface area contributed by atoms with Crippen molar-refractivity contribution in [3.05, 3.63) is 22.8 Å². The molecule has 1 aliphatic carbocycles. The fourth-order valence-corrected chi connectivity index (χ4v) is 2.19. The van der Waals surface area contributed by atoms with Crippen LogP contribution >= 0.6 is 0 Å². The quantitative estimate of drug-likeness (QED) is 0.811. The van der Waals surface area contributed by atoms with Crippen LogP contribution in [0.25, 0.3) is 0 Å². The van der Waals surface area contributed by atoms with Gasteiger partial charge in [0.2, 0.25) is 0 Å². The molecular weight excluding hydrogens is 186 g/mol. The highest BCUT2D eigenvalue weighted by Gasteiger charge is 2.14. The number of rotatable bonds is 3. The van der Waals surface area contributed by atoms with Gasteiger partial charge in [-0.15, -0.1) is 0 Å². The Balaban J connectivity index is 2.24. The Morgan fingerprint density at radius 1 is 1.20 bits per heavy atom. The standard InChI is InChI=1S/C12H19N3/c1-9-10-5-3-4-6-11(10)15-12(14-9)7-8-13-2/h13H,3-8H2,1-2H3. The zero-order valence-corrected chi connectivity index (χ0v) is 9.64. The minimum absolute atomic E-state index is 0.935. The second-order valence-corrected chi connectivity index (χ2v) is 4.21. The lowest BCUT2D eigenvalue weighted by Gasteiger charge is -2.17. The zero-order chi connectivity index (χ0) is 10.7. The molecule has 0 bridgehead atoms. The van der Waals surface area contributed by atoms with Crippen LogP contribution in [0.15, 0.2) is 0 Å². The van der Waals surface area contributed by atoms with Gasteiger partial charge in [0.25, 0.3) is 0 Å². The summed E-state index contributed by atoms with van der Waals surface area (Å²) in [6.07, 6.45) is 5.84. The van der Waals surface area contributed by atoms with E-state index in [1.165, 1.54) is 36.2 Å². The second-order valence-electron chi connectivity index (χ2n) is 4.21. The maximum Gasteiger partial charge on any atom is 0.130 e. The lowest BCUT2D eigenvalue weighted by Crippen LogP contribution is -2.16. The summed E-state index contributed by atoms with van der Waals surface area (Å²) in [5.41, 5.74) is 3.92. The van der Waals surface area contributed by atoms with Crippen LogP contribution in [0.2, 0.25) is 0 Å². The number of likely N-dealkylation sites (N-methyl/N-ethyl adjacent to an activating group) is 1. The third-order valence-corrected chi connectivity index (χ3v) is 3.03. The maximum atomic E-state index is 4.66. The predicted octanol–water partition coefficient (Wildman–Crippen LogP) is 1.43. The van der Waals surface area contributed by atoms with Gasteiger partial charge in [0.05, 0.1) is 0 Å². The first-order valence-corrected chi connectivity index (χ1v) is 5.81. The molecule has 2 rings (SSSR count). The van der Waals surface area contributed by atoms with Crippen molar-refractivity contribution in [2.24, 2.45) is 0 Å². The number of nitrogens with one attached hydrogen (secondary N) is 1. The van der Waals surface area contributed by atoms with E-state index in [0.717, 1.165) is 25.2 Å². The molecule has 0 atom stereocenters. The number of fused-ring (bicyclic) bond motifs is 1. The Hall–Kier alpha value is -0.960. The van der Waals surface area contributed by atoms with Crippen molar-refractivity contribution in [1.29, 1.82) is 0 Å². The molecule has 15 heavy (non-hydrogen) atoms. The number of nitrogens with zero attached hydrogens (tertiary/aromatic N) is 2.